The molecule has 0 heterocycles. The predicted molar refractivity (Wildman–Crippen MR) is 55.7 cm³/mol. The van der Waals surface area contributed by atoms with Crippen LogP contribution >= 0.6 is 0 Å². The summed E-state index contributed by atoms with van der Waals surface area (Å²) in [5, 5.41) is 9.80. The SMILES string of the molecule is CCC(O)C(C)(C)c1ccccc1F. The second kappa shape index (κ2) is 4.09. The lowest BCUT2D eigenvalue weighted by Gasteiger charge is -2.30. The molecule has 0 saturated heterocycles. The fourth-order valence-electron chi connectivity index (χ4n) is 1.67. The van der Waals surface area contributed by atoms with Crippen molar-refractivity contribution in [2.24, 2.45) is 0 Å². The summed E-state index contributed by atoms with van der Waals surface area (Å²) in [6.45, 7) is 5.62. The predicted octanol–water partition coefficient (Wildman–Crippen LogP) is 2.87. The maximum Gasteiger partial charge on any atom is 0.127 e. The average Bonchev–Trinajstić information content (AvgIpc) is 2.17. The summed E-state index contributed by atoms with van der Waals surface area (Å²) >= 11 is 0. The first kappa shape index (κ1) is 11.2. The molecule has 1 rings (SSSR count). The van der Waals surface area contributed by atoms with Gasteiger partial charge >= 0.3 is 0 Å². The molecule has 0 radical (unpaired) electrons. The standard InChI is InChI=1S/C12H17FO/c1-4-11(14)12(2,3)9-7-5-6-8-10(9)13/h5-8,11,14H,4H2,1-3H3. The lowest BCUT2D eigenvalue weighted by atomic mass is 9.78. The maximum absolute atomic E-state index is 13.5. The zero-order valence-corrected chi connectivity index (χ0v) is 8.92. The number of rotatable bonds is 3. The summed E-state index contributed by atoms with van der Waals surface area (Å²) in [5.41, 5.74) is 0.0504. The molecular weight excluding hydrogens is 179 g/mol. The van der Waals surface area contributed by atoms with Crippen LogP contribution in [-0.4, -0.2) is 11.2 Å². The van der Waals surface area contributed by atoms with Crippen molar-refractivity contribution in [2.75, 3.05) is 0 Å². The summed E-state index contributed by atoms with van der Waals surface area (Å²) in [5.74, 6) is -0.245. The van der Waals surface area contributed by atoms with Crippen molar-refractivity contribution in [2.45, 2.75) is 38.7 Å². The van der Waals surface area contributed by atoms with Crippen LogP contribution in [0.1, 0.15) is 32.8 Å². The third kappa shape index (κ3) is 1.95. The molecule has 0 saturated carbocycles. The van der Waals surface area contributed by atoms with Crippen LogP contribution in [0.4, 0.5) is 4.39 Å². The number of hydrogen-bond acceptors (Lipinski definition) is 1. The Morgan fingerprint density at radius 2 is 1.93 bits per heavy atom. The Bertz CT molecular complexity index is 307. The Morgan fingerprint density at radius 3 is 2.43 bits per heavy atom. The van der Waals surface area contributed by atoms with Gasteiger partial charge in [-0.1, -0.05) is 39.0 Å². The number of hydrogen-bond donors (Lipinski definition) is 1. The van der Waals surface area contributed by atoms with E-state index in [-0.39, 0.29) is 5.82 Å². The minimum absolute atomic E-state index is 0.245. The molecule has 1 aromatic rings. The third-order valence-electron chi connectivity index (χ3n) is 2.79. The summed E-state index contributed by atoms with van der Waals surface area (Å²) in [6, 6.07) is 6.61. The first-order valence-corrected chi connectivity index (χ1v) is 4.93. The molecule has 0 aliphatic rings. The van der Waals surface area contributed by atoms with E-state index >= 15 is 0 Å². The zero-order chi connectivity index (χ0) is 10.8. The van der Waals surface area contributed by atoms with Crippen molar-refractivity contribution >= 4 is 0 Å². The second-order valence-corrected chi connectivity index (χ2v) is 4.13. The number of aliphatic hydroxyl groups is 1. The Labute approximate surface area is 84.6 Å². The molecule has 2 heteroatoms. The van der Waals surface area contributed by atoms with Gasteiger partial charge in [-0.15, -0.1) is 0 Å². The summed E-state index contributed by atoms with van der Waals surface area (Å²) in [4.78, 5) is 0. The molecule has 1 aromatic carbocycles. The van der Waals surface area contributed by atoms with E-state index in [0.29, 0.717) is 12.0 Å². The molecule has 0 spiro atoms. The Hall–Kier alpha value is -0.890. The molecular formula is C12H17FO. The zero-order valence-electron chi connectivity index (χ0n) is 8.92. The van der Waals surface area contributed by atoms with Crippen LogP contribution in [0.2, 0.25) is 0 Å². The molecule has 0 aromatic heterocycles. The Kier molecular flexibility index (Phi) is 3.27. The first-order valence-electron chi connectivity index (χ1n) is 4.93. The van der Waals surface area contributed by atoms with Gasteiger partial charge in [0.05, 0.1) is 6.10 Å². The van der Waals surface area contributed by atoms with Gasteiger partial charge in [0.15, 0.2) is 0 Å². The minimum Gasteiger partial charge on any atom is -0.392 e. The van der Waals surface area contributed by atoms with Gasteiger partial charge in [-0.25, -0.2) is 4.39 Å². The molecule has 14 heavy (non-hydrogen) atoms. The van der Waals surface area contributed by atoms with E-state index in [1.807, 2.05) is 20.8 Å². The van der Waals surface area contributed by atoms with E-state index in [1.54, 1.807) is 18.2 Å². The van der Waals surface area contributed by atoms with Crippen molar-refractivity contribution in [3.8, 4) is 0 Å². The highest BCUT2D eigenvalue weighted by atomic mass is 19.1. The van der Waals surface area contributed by atoms with Gasteiger partial charge in [0.2, 0.25) is 0 Å². The average molecular weight is 196 g/mol. The van der Waals surface area contributed by atoms with Crippen molar-refractivity contribution in [1.82, 2.24) is 0 Å². The van der Waals surface area contributed by atoms with Crippen LogP contribution in [0.3, 0.4) is 0 Å². The molecule has 1 N–H and O–H groups in total. The summed E-state index contributed by atoms with van der Waals surface area (Å²) < 4.78 is 13.5. The lowest BCUT2D eigenvalue weighted by molar-refractivity contribution is 0.0940. The van der Waals surface area contributed by atoms with Crippen molar-refractivity contribution < 1.29 is 9.50 Å². The highest BCUT2D eigenvalue weighted by Crippen LogP contribution is 2.30. The fourth-order valence-corrected chi connectivity index (χ4v) is 1.67. The highest BCUT2D eigenvalue weighted by molar-refractivity contribution is 5.26. The van der Waals surface area contributed by atoms with Gasteiger partial charge < -0.3 is 5.11 Å². The molecule has 0 aliphatic heterocycles. The quantitative estimate of drug-likeness (QED) is 0.788. The van der Waals surface area contributed by atoms with Crippen molar-refractivity contribution in [3.63, 3.8) is 0 Å². The third-order valence-corrected chi connectivity index (χ3v) is 2.79. The van der Waals surface area contributed by atoms with E-state index in [9.17, 15) is 9.50 Å². The van der Waals surface area contributed by atoms with E-state index in [0.717, 1.165) is 0 Å². The molecule has 78 valence electrons. The molecule has 1 nitrogen and oxygen atoms in total. The molecule has 0 amide bonds. The number of halogens is 1. The van der Waals surface area contributed by atoms with Gasteiger partial charge in [-0.05, 0) is 18.1 Å². The fraction of sp³-hybridized carbons (Fsp3) is 0.500. The Balaban J connectivity index is 3.09. The van der Waals surface area contributed by atoms with Crippen LogP contribution in [0, 0.1) is 5.82 Å². The minimum atomic E-state index is -0.528. The highest BCUT2D eigenvalue weighted by Gasteiger charge is 2.30. The summed E-state index contributed by atoms with van der Waals surface area (Å²) in [6.07, 6.45) is 0.112. The van der Waals surface area contributed by atoms with Crippen LogP contribution in [0.25, 0.3) is 0 Å². The van der Waals surface area contributed by atoms with E-state index in [1.165, 1.54) is 6.07 Å². The molecule has 1 atom stereocenters. The van der Waals surface area contributed by atoms with Gasteiger partial charge in [0.1, 0.15) is 5.82 Å². The van der Waals surface area contributed by atoms with Gasteiger partial charge in [-0.2, -0.15) is 0 Å². The lowest BCUT2D eigenvalue weighted by Crippen LogP contribution is -2.33. The van der Waals surface area contributed by atoms with Crippen molar-refractivity contribution in [1.29, 1.82) is 0 Å². The topological polar surface area (TPSA) is 20.2 Å². The first-order chi connectivity index (χ1) is 6.50. The molecule has 1 unspecified atom stereocenters. The number of benzene rings is 1. The second-order valence-electron chi connectivity index (χ2n) is 4.13. The molecule has 0 bridgehead atoms. The van der Waals surface area contributed by atoms with Crippen LogP contribution in [-0.2, 0) is 5.41 Å². The van der Waals surface area contributed by atoms with Crippen molar-refractivity contribution in [3.05, 3.63) is 35.6 Å². The van der Waals surface area contributed by atoms with E-state index in [2.05, 4.69) is 0 Å². The molecule has 0 aliphatic carbocycles. The monoisotopic (exact) mass is 196 g/mol. The summed E-state index contributed by atoms with van der Waals surface area (Å²) in [7, 11) is 0. The van der Waals surface area contributed by atoms with E-state index in [4.69, 9.17) is 0 Å². The van der Waals surface area contributed by atoms with Gasteiger partial charge in [0.25, 0.3) is 0 Å². The largest absolute Gasteiger partial charge is 0.392 e. The maximum atomic E-state index is 13.5. The number of aliphatic hydroxyl groups excluding tert-OH is 1. The van der Waals surface area contributed by atoms with Gasteiger partial charge in [-0.3, -0.25) is 0 Å². The van der Waals surface area contributed by atoms with E-state index < -0.39 is 11.5 Å². The normalized spacial score (nSPS) is 14.1. The van der Waals surface area contributed by atoms with Crippen LogP contribution < -0.4 is 0 Å². The van der Waals surface area contributed by atoms with Gasteiger partial charge in [0, 0.05) is 5.41 Å². The van der Waals surface area contributed by atoms with Crippen LogP contribution in [0.5, 0.6) is 0 Å². The van der Waals surface area contributed by atoms with Crippen LogP contribution in [0.15, 0.2) is 24.3 Å². The molecule has 0 fully saturated rings. The smallest absolute Gasteiger partial charge is 0.127 e. The Morgan fingerprint density at radius 1 is 1.36 bits per heavy atom.